The molecule has 0 spiro atoms. The van der Waals surface area contributed by atoms with Crippen molar-refractivity contribution in [2.45, 2.75) is 12.5 Å². The van der Waals surface area contributed by atoms with Crippen LogP contribution in [0.2, 0.25) is 0 Å². The van der Waals surface area contributed by atoms with Crippen LogP contribution in [0.25, 0.3) is 0 Å². The number of hydrogen-bond donors (Lipinski definition) is 1. The number of ether oxygens (including phenoxy) is 2. The molecule has 0 amide bonds. The Labute approximate surface area is 94.9 Å². The Kier molecular flexibility index (Phi) is 6.79. The molecular weight excluding hydrogens is 218 g/mol. The van der Waals surface area contributed by atoms with Crippen LogP contribution in [-0.2, 0) is 9.47 Å². The highest BCUT2D eigenvalue weighted by molar-refractivity contribution is 4.70. The van der Waals surface area contributed by atoms with E-state index in [1.165, 1.54) is 0 Å². The molecule has 0 radical (unpaired) electrons. The fourth-order valence-electron chi connectivity index (χ4n) is 1.57. The zero-order chi connectivity index (χ0) is 11.8. The van der Waals surface area contributed by atoms with Gasteiger partial charge in [0.2, 0.25) is 0 Å². The lowest BCUT2D eigenvalue weighted by Gasteiger charge is -2.30. The summed E-state index contributed by atoms with van der Waals surface area (Å²) >= 11 is 0. The molecule has 0 aromatic carbocycles. The number of alkyl halides is 2. The molecule has 0 aromatic rings. The summed E-state index contributed by atoms with van der Waals surface area (Å²) in [5.41, 5.74) is 0. The average Bonchev–Trinajstić information content (AvgIpc) is 2.23. The van der Waals surface area contributed by atoms with Gasteiger partial charge in [0.25, 0.3) is 6.43 Å². The van der Waals surface area contributed by atoms with Gasteiger partial charge in [-0.3, -0.25) is 0 Å². The van der Waals surface area contributed by atoms with Gasteiger partial charge in [0.15, 0.2) is 0 Å². The van der Waals surface area contributed by atoms with Crippen molar-refractivity contribution in [3.05, 3.63) is 0 Å². The van der Waals surface area contributed by atoms with Crippen molar-refractivity contribution in [1.29, 1.82) is 0 Å². The molecule has 1 heterocycles. The molecule has 1 atom stereocenters. The topological polar surface area (TPSA) is 33.7 Å². The monoisotopic (exact) mass is 238 g/mol. The predicted octanol–water partition coefficient (Wildman–Crippen LogP) is 0.188. The fraction of sp³-hybridized carbons (Fsp3) is 1.00. The van der Waals surface area contributed by atoms with E-state index in [-0.39, 0.29) is 6.10 Å². The van der Waals surface area contributed by atoms with Gasteiger partial charge < -0.3 is 19.7 Å². The summed E-state index contributed by atoms with van der Waals surface area (Å²) in [6.07, 6.45) is -2.19. The summed E-state index contributed by atoms with van der Waals surface area (Å²) in [5, 5.41) is 3.13. The van der Waals surface area contributed by atoms with E-state index in [0.717, 1.165) is 26.2 Å². The van der Waals surface area contributed by atoms with E-state index < -0.39 is 13.0 Å². The van der Waals surface area contributed by atoms with Gasteiger partial charge in [0.05, 0.1) is 19.3 Å². The first-order chi connectivity index (χ1) is 7.68. The van der Waals surface area contributed by atoms with Crippen LogP contribution in [0.4, 0.5) is 8.78 Å². The van der Waals surface area contributed by atoms with Crippen molar-refractivity contribution in [3.8, 4) is 0 Å². The molecule has 6 heteroatoms. The van der Waals surface area contributed by atoms with Crippen LogP contribution in [0.15, 0.2) is 0 Å². The maximum atomic E-state index is 11.7. The van der Waals surface area contributed by atoms with Gasteiger partial charge in [-0.2, -0.15) is 0 Å². The van der Waals surface area contributed by atoms with Crippen molar-refractivity contribution in [2.75, 3.05) is 53.0 Å². The molecule has 0 saturated carbocycles. The van der Waals surface area contributed by atoms with Crippen molar-refractivity contribution < 1.29 is 18.3 Å². The summed E-state index contributed by atoms with van der Waals surface area (Å²) in [4.78, 5) is 2.21. The molecule has 1 saturated heterocycles. The molecule has 1 N–H and O–H groups in total. The van der Waals surface area contributed by atoms with Gasteiger partial charge in [-0.1, -0.05) is 0 Å². The Bertz CT molecular complexity index is 184. The highest BCUT2D eigenvalue weighted by atomic mass is 19.3. The zero-order valence-corrected chi connectivity index (χ0v) is 9.62. The Balaban J connectivity index is 1.90. The second-order valence-corrected chi connectivity index (χ2v) is 3.93. The summed E-state index contributed by atoms with van der Waals surface area (Å²) in [6.45, 7) is 3.78. The first kappa shape index (κ1) is 13.8. The summed E-state index contributed by atoms with van der Waals surface area (Å²) in [7, 11) is 2.06. The summed E-state index contributed by atoms with van der Waals surface area (Å²) in [6, 6.07) is 0. The lowest BCUT2D eigenvalue weighted by Crippen LogP contribution is -2.45. The van der Waals surface area contributed by atoms with Gasteiger partial charge in [-0.25, -0.2) is 8.78 Å². The molecule has 1 rings (SSSR count). The normalized spacial score (nSPS) is 22.9. The third-order valence-electron chi connectivity index (χ3n) is 2.38. The number of nitrogens with one attached hydrogen (secondary N) is 1. The minimum absolute atomic E-state index is 0.189. The maximum absolute atomic E-state index is 11.7. The Hall–Kier alpha value is -0.300. The highest BCUT2D eigenvalue weighted by Crippen LogP contribution is 2.01. The summed E-state index contributed by atoms with van der Waals surface area (Å²) in [5.74, 6) is 0. The largest absolute Gasteiger partial charge is 0.374 e. The van der Waals surface area contributed by atoms with E-state index in [2.05, 4.69) is 17.3 Å². The second kappa shape index (κ2) is 7.89. The number of rotatable bonds is 7. The van der Waals surface area contributed by atoms with Gasteiger partial charge >= 0.3 is 0 Å². The quantitative estimate of drug-likeness (QED) is 0.642. The first-order valence-electron chi connectivity index (χ1n) is 5.55. The lowest BCUT2D eigenvalue weighted by atomic mass is 10.3. The SMILES string of the molecule is CN1CCOC(CNCCOCC(F)F)C1. The number of halogens is 2. The van der Waals surface area contributed by atoms with Crippen LogP contribution in [0.1, 0.15) is 0 Å². The van der Waals surface area contributed by atoms with Gasteiger partial charge in [0, 0.05) is 26.2 Å². The van der Waals surface area contributed by atoms with Gasteiger partial charge in [0.1, 0.15) is 6.61 Å². The van der Waals surface area contributed by atoms with E-state index in [0.29, 0.717) is 13.2 Å². The first-order valence-corrected chi connectivity index (χ1v) is 5.55. The van der Waals surface area contributed by atoms with Crippen LogP contribution in [0, 0.1) is 0 Å². The minimum atomic E-state index is -2.38. The molecule has 1 unspecified atom stereocenters. The van der Waals surface area contributed by atoms with E-state index in [9.17, 15) is 8.78 Å². The van der Waals surface area contributed by atoms with E-state index in [1.807, 2.05) is 0 Å². The number of hydrogen-bond acceptors (Lipinski definition) is 4. The van der Waals surface area contributed by atoms with Gasteiger partial charge in [-0.15, -0.1) is 0 Å². The van der Waals surface area contributed by atoms with Crippen LogP contribution < -0.4 is 5.32 Å². The zero-order valence-electron chi connectivity index (χ0n) is 9.62. The maximum Gasteiger partial charge on any atom is 0.261 e. The predicted molar refractivity (Wildman–Crippen MR) is 56.9 cm³/mol. The third kappa shape index (κ3) is 6.32. The van der Waals surface area contributed by atoms with Crippen LogP contribution in [0.3, 0.4) is 0 Å². The number of morpholine rings is 1. The highest BCUT2D eigenvalue weighted by Gasteiger charge is 2.16. The number of likely N-dealkylation sites (N-methyl/N-ethyl adjacent to an activating group) is 1. The van der Waals surface area contributed by atoms with Gasteiger partial charge in [-0.05, 0) is 7.05 Å². The molecule has 16 heavy (non-hydrogen) atoms. The number of nitrogens with zero attached hydrogens (tertiary/aromatic N) is 1. The Morgan fingerprint density at radius 3 is 3.06 bits per heavy atom. The van der Waals surface area contributed by atoms with Crippen molar-refractivity contribution in [3.63, 3.8) is 0 Å². The smallest absolute Gasteiger partial charge is 0.261 e. The minimum Gasteiger partial charge on any atom is -0.374 e. The Morgan fingerprint density at radius 2 is 2.38 bits per heavy atom. The molecule has 1 fully saturated rings. The Morgan fingerprint density at radius 1 is 1.56 bits per heavy atom. The second-order valence-electron chi connectivity index (χ2n) is 3.93. The molecule has 0 bridgehead atoms. The molecule has 1 aliphatic rings. The van der Waals surface area contributed by atoms with Crippen LogP contribution >= 0.6 is 0 Å². The van der Waals surface area contributed by atoms with Crippen molar-refractivity contribution in [1.82, 2.24) is 10.2 Å². The molecular formula is C10H20F2N2O2. The van der Waals surface area contributed by atoms with E-state index >= 15 is 0 Å². The third-order valence-corrected chi connectivity index (χ3v) is 2.38. The molecule has 1 aliphatic heterocycles. The van der Waals surface area contributed by atoms with Crippen molar-refractivity contribution >= 4 is 0 Å². The van der Waals surface area contributed by atoms with E-state index in [4.69, 9.17) is 9.47 Å². The molecule has 96 valence electrons. The van der Waals surface area contributed by atoms with Crippen LogP contribution in [0.5, 0.6) is 0 Å². The lowest BCUT2D eigenvalue weighted by molar-refractivity contribution is -0.0200. The fourth-order valence-corrected chi connectivity index (χ4v) is 1.57. The van der Waals surface area contributed by atoms with E-state index in [1.54, 1.807) is 0 Å². The standard InChI is InChI=1S/C10H20F2N2O2/c1-14-3-5-16-9(7-14)6-13-2-4-15-8-10(11)12/h9-10,13H,2-8H2,1H3. The molecule has 4 nitrogen and oxygen atoms in total. The molecule has 0 aliphatic carbocycles. The summed E-state index contributed by atoms with van der Waals surface area (Å²) < 4.78 is 33.7. The van der Waals surface area contributed by atoms with Crippen molar-refractivity contribution in [2.24, 2.45) is 0 Å². The van der Waals surface area contributed by atoms with Crippen LogP contribution in [-0.4, -0.2) is 70.5 Å². The molecule has 0 aromatic heterocycles. The average molecular weight is 238 g/mol.